The Balaban J connectivity index is 1.78. The number of halogens is 1. The van der Waals surface area contributed by atoms with Crippen LogP contribution in [0.1, 0.15) is 79.7 Å². The van der Waals surface area contributed by atoms with Gasteiger partial charge < -0.3 is 23.5 Å². The summed E-state index contributed by atoms with van der Waals surface area (Å²) in [6, 6.07) is 8.24. The summed E-state index contributed by atoms with van der Waals surface area (Å²) in [5, 5.41) is 0.824. The number of amides is 1. The first-order chi connectivity index (χ1) is 18.3. The molecule has 1 aliphatic heterocycles. The Morgan fingerprint density at radius 3 is 2.55 bits per heavy atom. The van der Waals surface area contributed by atoms with Crippen LogP contribution in [0, 0.1) is 6.92 Å². The highest BCUT2D eigenvalue weighted by molar-refractivity contribution is 6.32. The molecule has 204 valence electrons. The SMILES string of the molecule is CCCCCOc1ccc(C2c3c(oc4cc(C)c(Cl)cc4c3=O)C(=O)N2CCCOC(C)C)cc1OC. The summed E-state index contributed by atoms with van der Waals surface area (Å²) in [5.41, 5.74) is 1.91. The number of benzene rings is 2. The highest BCUT2D eigenvalue weighted by Gasteiger charge is 2.42. The van der Waals surface area contributed by atoms with Gasteiger partial charge in [0.1, 0.15) is 5.58 Å². The van der Waals surface area contributed by atoms with Gasteiger partial charge in [0.25, 0.3) is 5.91 Å². The molecular formula is C30H36ClNO6. The third kappa shape index (κ3) is 5.69. The zero-order valence-corrected chi connectivity index (χ0v) is 23.5. The standard InChI is InChI=1S/C30H36ClNO6/c1-6-7-8-13-37-23-11-10-20(16-25(23)35-5)27-26-28(33)21-17-22(31)19(4)15-24(21)38-29(26)30(34)32(27)12-9-14-36-18(2)3/h10-11,15-18,27H,6-9,12-14H2,1-5H3. The molecule has 0 saturated carbocycles. The minimum atomic E-state index is -0.639. The number of hydrogen-bond donors (Lipinski definition) is 0. The van der Waals surface area contributed by atoms with Crippen molar-refractivity contribution in [3.63, 3.8) is 0 Å². The van der Waals surface area contributed by atoms with Gasteiger partial charge in [0.2, 0.25) is 5.76 Å². The second-order valence-electron chi connectivity index (χ2n) is 9.91. The quantitative estimate of drug-likeness (QED) is 0.238. The predicted octanol–water partition coefficient (Wildman–Crippen LogP) is 6.69. The Hall–Kier alpha value is -3.03. The number of carbonyl (C=O) groups excluding carboxylic acids is 1. The molecule has 0 N–H and O–H groups in total. The molecule has 2 aromatic carbocycles. The zero-order valence-electron chi connectivity index (χ0n) is 22.8. The second-order valence-corrected chi connectivity index (χ2v) is 10.3. The van der Waals surface area contributed by atoms with Crippen molar-refractivity contribution >= 4 is 28.5 Å². The Bertz CT molecular complexity index is 1370. The van der Waals surface area contributed by atoms with E-state index in [4.69, 9.17) is 30.2 Å². The molecule has 0 spiro atoms. The smallest absolute Gasteiger partial charge is 0.290 e. The molecular weight excluding hydrogens is 506 g/mol. The first-order valence-corrected chi connectivity index (χ1v) is 13.6. The number of ether oxygens (including phenoxy) is 3. The van der Waals surface area contributed by atoms with E-state index < -0.39 is 6.04 Å². The van der Waals surface area contributed by atoms with Crippen molar-refractivity contribution in [3.05, 3.63) is 68.0 Å². The van der Waals surface area contributed by atoms with Crippen LogP contribution in [0.25, 0.3) is 11.0 Å². The van der Waals surface area contributed by atoms with Gasteiger partial charge in [-0.05, 0) is 69.0 Å². The van der Waals surface area contributed by atoms with Crippen LogP contribution in [0.5, 0.6) is 11.5 Å². The molecule has 0 aliphatic carbocycles. The summed E-state index contributed by atoms with van der Waals surface area (Å²) in [6.07, 6.45) is 3.85. The van der Waals surface area contributed by atoms with Crippen LogP contribution >= 0.6 is 11.6 Å². The van der Waals surface area contributed by atoms with Gasteiger partial charge in [-0.2, -0.15) is 0 Å². The molecule has 0 bridgehead atoms. The van der Waals surface area contributed by atoms with Crippen LogP contribution in [-0.4, -0.2) is 43.8 Å². The van der Waals surface area contributed by atoms with Crippen molar-refractivity contribution in [2.24, 2.45) is 0 Å². The van der Waals surface area contributed by atoms with Crippen LogP contribution < -0.4 is 14.9 Å². The molecule has 0 saturated heterocycles. The van der Waals surface area contributed by atoms with Crippen molar-refractivity contribution in [2.75, 3.05) is 26.9 Å². The van der Waals surface area contributed by atoms with Gasteiger partial charge in [-0.3, -0.25) is 9.59 Å². The van der Waals surface area contributed by atoms with Crippen molar-refractivity contribution in [2.45, 2.75) is 65.5 Å². The van der Waals surface area contributed by atoms with E-state index in [1.165, 1.54) is 0 Å². The summed E-state index contributed by atoms with van der Waals surface area (Å²) in [7, 11) is 1.58. The minimum Gasteiger partial charge on any atom is -0.493 e. The predicted molar refractivity (Wildman–Crippen MR) is 149 cm³/mol. The van der Waals surface area contributed by atoms with Crippen LogP contribution in [0.3, 0.4) is 0 Å². The molecule has 0 radical (unpaired) electrons. The molecule has 1 amide bonds. The molecule has 8 heteroatoms. The first kappa shape index (κ1) is 28.0. The fourth-order valence-electron chi connectivity index (χ4n) is 4.78. The van der Waals surface area contributed by atoms with Crippen molar-refractivity contribution < 1.29 is 23.4 Å². The maximum Gasteiger partial charge on any atom is 0.290 e. The Morgan fingerprint density at radius 1 is 1.05 bits per heavy atom. The van der Waals surface area contributed by atoms with Crippen molar-refractivity contribution in [3.8, 4) is 11.5 Å². The lowest BCUT2D eigenvalue weighted by Gasteiger charge is -2.26. The van der Waals surface area contributed by atoms with Gasteiger partial charge in [-0.25, -0.2) is 0 Å². The number of nitrogens with zero attached hydrogens (tertiary/aromatic N) is 1. The van der Waals surface area contributed by atoms with Gasteiger partial charge >= 0.3 is 0 Å². The summed E-state index contributed by atoms with van der Waals surface area (Å²) in [6.45, 7) is 9.40. The van der Waals surface area contributed by atoms with Gasteiger partial charge in [0.15, 0.2) is 16.9 Å². The Morgan fingerprint density at radius 2 is 1.84 bits per heavy atom. The largest absolute Gasteiger partial charge is 0.493 e. The molecule has 0 fully saturated rings. The highest BCUT2D eigenvalue weighted by atomic mass is 35.5. The Labute approximate surface area is 228 Å². The molecule has 1 atom stereocenters. The fraction of sp³-hybridized carbons (Fsp3) is 0.467. The maximum absolute atomic E-state index is 13.8. The number of hydrogen-bond acceptors (Lipinski definition) is 6. The number of carbonyl (C=O) groups is 1. The number of aryl methyl sites for hydroxylation is 1. The topological polar surface area (TPSA) is 78.2 Å². The van der Waals surface area contributed by atoms with E-state index in [2.05, 4.69) is 6.92 Å². The number of methoxy groups -OCH3 is 1. The van der Waals surface area contributed by atoms with Crippen molar-refractivity contribution in [1.29, 1.82) is 0 Å². The third-order valence-corrected chi connectivity index (χ3v) is 7.16. The van der Waals surface area contributed by atoms with Crippen LogP contribution in [-0.2, 0) is 4.74 Å². The number of fused-ring (bicyclic) bond motifs is 2. The maximum atomic E-state index is 13.8. The molecule has 3 aromatic rings. The van der Waals surface area contributed by atoms with Gasteiger partial charge in [0.05, 0.1) is 36.8 Å². The van der Waals surface area contributed by atoms with Gasteiger partial charge in [0, 0.05) is 18.2 Å². The lowest BCUT2D eigenvalue weighted by molar-refractivity contribution is 0.0593. The second kappa shape index (κ2) is 12.2. The molecule has 4 rings (SSSR count). The molecule has 1 unspecified atom stereocenters. The van der Waals surface area contributed by atoms with E-state index >= 15 is 0 Å². The number of rotatable bonds is 12. The fourth-order valence-corrected chi connectivity index (χ4v) is 4.94. The lowest BCUT2D eigenvalue weighted by atomic mass is 9.97. The normalized spacial score (nSPS) is 15.0. The summed E-state index contributed by atoms with van der Waals surface area (Å²) in [5.74, 6) is 0.922. The van der Waals surface area contributed by atoms with E-state index in [1.807, 2.05) is 39.0 Å². The average molecular weight is 542 g/mol. The van der Waals surface area contributed by atoms with Crippen LogP contribution in [0.4, 0.5) is 0 Å². The summed E-state index contributed by atoms with van der Waals surface area (Å²) < 4.78 is 23.4. The van der Waals surface area contributed by atoms with Crippen molar-refractivity contribution in [1.82, 2.24) is 4.90 Å². The third-order valence-electron chi connectivity index (χ3n) is 6.75. The monoisotopic (exact) mass is 541 g/mol. The van der Waals surface area contributed by atoms with E-state index in [-0.39, 0.29) is 23.2 Å². The molecule has 38 heavy (non-hydrogen) atoms. The number of unbranched alkanes of at least 4 members (excludes halogenated alkanes) is 2. The summed E-state index contributed by atoms with van der Waals surface area (Å²) in [4.78, 5) is 29.2. The highest BCUT2D eigenvalue weighted by Crippen LogP contribution is 2.41. The lowest BCUT2D eigenvalue weighted by Crippen LogP contribution is -2.31. The van der Waals surface area contributed by atoms with Gasteiger partial charge in [-0.1, -0.05) is 37.4 Å². The van der Waals surface area contributed by atoms with E-state index in [1.54, 1.807) is 24.1 Å². The van der Waals surface area contributed by atoms with Crippen LogP contribution in [0.2, 0.25) is 5.02 Å². The zero-order chi connectivity index (χ0) is 27.4. The van der Waals surface area contributed by atoms with E-state index in [0.29, 0.717) is 59.2 Å². The first-order valence-electron chi connectivity index (χ1n) is 13.3. The molecule has 1 aliphatic rings. The van der Waals surface area contributed by atoms with E-state index in [0.717, 1.165) is 30.4 Å². The Kier molecular flexibility index (Phi) is 9.00. The summed E-state index contributed by atoms with van der Waals surface area (Å²) >= 11 is 6.35. The van der Waals surface area contributed by atoms with Crippen LogP contribution in [0.15, 0.2) is 39.5 Å². The van der Waals surface area contributed by atoms with E-state index in [9.17, 15) is 9.59 Å². The molecule has 7 nitrogen and oxygen atoms in total. The average Bonchev–Trinajstić information content (AvgIpc) is 3.17. The molecule has 1 aromatic heterocycles. The minimum absolute atomic E-state index is 0.0675. The van der Waals surface area contributed by atoms with Gasteiger partial charge in [-0.15, -0.1) is 0 Å². The molecule has 2 heterocycles.